The van der Waals surface area contributed by atoms with E-state index in [0.29, 0.717) is 25.7 Å². The van der Waals surface area contributed by atoms with Crippen LogP contribution in [-0.2, 0) is 86.1 Å². The number of hydrogen-bond donors (Lipinski definition) is 11. The average molecular weight is 1120 g/mol. The highest BCUT2D eigenvalue weighted by Gasteiger charge is 2.25. The van der Waals surface area contributed by atoms with Crippen molar-refractivity contribution in [3.8, 4) is 0 Å². The topological polar surface area (TPSA) is 498 Å². The first-order chi connectivity index (χ1) is 35.9. The van der Waals surface area contributed by atoms with E-state index in [1.807, 2.05) is 6.92 Å². The highest BCUT2D eigenvalue weighted by Crippen LogP contribution is 2.10. The summed E-state index contributed by atoms with van der Waals surface area (Å²) in [5.41, 5.74) is 0. The number of carbonyl (C=O) groups excluding carboxylic acids is 8. The lowest BCUT2D eigenvalue weighted by Gasteiger charge is -2.07. The fourth-order valence-corrected chi connectivity index (χ4v) is 5.00. The summed E-state index contributed by atoms with van der Waals surface area (Å²) in [5.74, 6) is -15.9. The third-order valence-electron chi connectivity index (χ3n) is 8.98. The lowest BCUT2D eigenvalue weighted by atomic mass is 10.1. The molecule has 0 aliphatic heterocycles. The van der Waals surface area contributed by atoms with Crippen LogP contribution < -0.4 is 0 Å². The van der Waals surface area contributed by atoms with Crippen LogP contribution in [-0.4, -0.2) is 170 Å². The zero-order valence-electron chi connectivity index (χ0n) is 43.8. The van der Waals surface area contributed by atoms with Crippen LogP contribution in [0.2, 0.25) is 0 Å². The Bertz CT molecular complexity index is 1810. The van der Waals surface area contributed by atoms with Crippen molar-refractivity contribution in [2.45, 2.75) is 219 Å². The molecule has 444 valence electrons. The normalized spacial score (nSPS) is 12.0. The summed E-state index contributed by atoms with van der Waals surface area (Å²) in [7, 11) is 0. The van der Waals surface area contributed by atoms with Crippen LogP contribution in [0.1, 0.15) is 188 Å². The van der Waals surface area contributed by atoms with Crippen LogP contribution in [0.25, 0.3) is 0 Å². The number of aliphatic hydroxyl groups excluding tert-OH is 5. The number of unbranched alkanes of at least 4 members (excludes halogenated alkanes) is 12. The Kier molecular flexibility index (Phi) is 52.7. The molecule has 29 heteroatoms. The van der Waals surface area contributed by atoms with E-state index in [1.165, 1.54) is 19.3 Å². The van der Waals surface area contributed by atoms with Gasteiger partial charge in [-0.25, -0.2) is 24.0 Å². The molecule has 0 heterocycles. The molecule has 5 atom stereocenters. The third-order valence-corrected chi connectivity index (χ3v) is 8.98. The van der Waals surface area contributed by atoms with Gasteiger partial charge in [-0.1, -0.05) is 105 Å². The number of rotatable bonds is 35. The second-order valence-electron chi connectivity index (χ2n) is 16.3. The highest BCUT2D eigenvalue weighted by molar-refractivity contribution is 5.92. The van der Waals surface area contributed by atoms with Crippen LogP contribution in [0.4, 0.5) is 0 Å². The quantitative estimate of drug-likeness (QED) is 0.0188. The lowest BCUT2D eigenvalue weighted by molar-refractivity contribution is -0.169. The third kappa shape index (κ3) is 58.3. The number of ether oxygens (including phenoxy) is 4. The first-order valence-electron chi connectivity index (χ1n) is 24.6. The molecule has 0 saturated heterocycles. The van der Waals surface area contributed by atoms with Crippen LogP contribution >= 0.6 is 0 Å². The molecule has 0 aromatic heterocycles. The van der Waals surface area contributed by atoms with Crippen molar-refractivity contribution in [1.29, 1.82) is 0 Å². The van der Waals surface area contributed by atoms with Gasteiger partial charge in [-0.15, -0.1) is 0 Å². The maximum absolute atomic E-state index is 11.3. The van der Waals surface area contributed by atoms with E-state index in [1.54, 1.807) is 6.92 Å². The van der Waals surface area contributed by atoms with Gasteiger partial charge < -0.3 is 75.1 Å². The first-order valence-corrected chi connectivity index (χ1v) is 24.6. The van der Waals surface area contributed by atoms with Gasteiger partial charge in [0.05, 0.1) is 32.1 Å². The SMILES string of the molecule is CCCC(=O)OC(=O)C(O)CC(=O)O.CCCCCC(=O)OC(=O)C(O)CC(=O)O.CCCCCCCC(=O)OC(=O)C(O)CC(=O)O.CCCCCCCCCC(=O)OC(=O)C(O)CC(=O)O.O=C(O)CC(O)C(=O)O. The molecule has 0 aliphatic rings. The van der Waals surface area contributed by atoms with Gasteiger partial charge in [0.15, 0.2) is 30.5 Å². The largest absolute Gasteiger partial charge is 0.481 e. The molecular formula is C48H78O29. The molecule has 0 saturated carbocycles. The number of carbonyl (C=O) groups is 14. The summed E-state index contributed by atoms with van der Waals surface area (Å²) >= 11 is 0. The minimum Gasteiger partial charge on any atom is -0.481 e. The molecule has 0 amide bonds. The van der Waals surface area contributed by atoms with Crippen molar-refractivity contribution >= 4 is 83.6 Å². The predicted molar refractivity (Wildman–Crippen MR) is 258 cm³/mol. The summed E-state index contributed by atoms with van der Waals surface area (Å²) in [4.78, 5) is 148. The summed E-state index contributed by atoms with van der Waals surface area (Å²) in [6, 6.07) is 0. The summed E-state index contributed by atoms with van der Waals surface area (Å²) in [5, 5.41) is 93.5. The van der Waals surface area contributed by atoms with Crippen molar-refractivity contribution < 1.29 is 142 Å². The molecular weight excluding hydrogens is 1040 g/mol. The maximum Gasteiger partial charge on any atom is 0.343 e. The van der Waals surface area contributed by atoms with E-state index >= 15 is 0 Å². The van der Waals surface area contributed by atoms with Gasteiger partial charge in [0, 0.05) is 25.7 Å². The predicted octanol–water partition coefficient (Wildman–Crippen LogP) is 2.36. The van der Waals surface area contributed by atoms with Crippen LogP contribution in [0, 0.1) is 0 Å². The maximum atomic E-state index is 11.3. The standard InChI is InChI=1S/C14H24O6.C12H20O6.C10H16O6.C8H12O6.C4H6O5/c1-2-3-4-5-6-7-8-9-13(18)20-14(19)11(15)10-12(16)17;1-2-3-4-5-6-7-11(16)18-12(17)9(13)8-10(14)15;1-2-3-4-5-9(14)16-10(15)7(11)6-8(12)13;1-2-3-7(12)14-8(13)5(9)4-6(10)11;5-2(4(8)9)1-3(6)7/h11,15H,2-10H2,1H3,(H,16,17);9,13H,2-8H2,1H3,(H,14,15);7,11H,2-6H2,1H3,(H,12,13);5,9H,2-4H2,1H3,(H,10,11);2,5H,1H2,(H,6,7)(H,8,9). The van der Waals surface area contributed by atoms with E-state index in [9.17, 15) is 67.1 Å². The first kappa shape index (κ1) is 79.1. The Labute approximate surface area is 443 Å². The van der Waals surface area contributed by atoms with E-state index in [0.717, 1.165) is 57.8 Å². The van der Waals surface area contributed by atoms with Crippen molar-refractivity contribution in [2.75, 3.05) is 0 Å². The molecule has 77 heavy (non-hydrogen) atoms. The number of aliphatic carboxylic acids is 6. The van der Waals surface area contributed by atoms with E-state index < -0.39 is 146 Å². The van der Waals surface area contributed by atoms with Gasteiger partial charge in [0.2, 0.25) is 0 Å². The Hall–Kier alpha value is -6.82. The van der Waals surface area contributed by atoms with E-state index in [4.69, 9.17) is 56.2 Å². The van der Waals surface area contributed by atoms with Crippen molar-refractivity contribution in [2.24, 2.45) is 0 Å². The van der Waals surface area contributed by atoms with Crippen LogP contribution in [0.15, 0.2) is 0 Å². The molecule has 0 spiro atoms. The van der Waals surface area contributed by atoms with Gasteiger partial charge >= 0.3 is 83.6 Å². The monoisotopic (exact) mass is 1120 g/mol. The molecule has 0 fully saturated rings. The van der Waals surface area contributed by atoms with Gasteiger partial charge in [0.25, 0.3) is 0 Å². The highest BCUT2D eigenvalue weighted by atomic mass is 16.6. The lowest BCUT2D eigenvalue weighted by Crippen LogP contribution is -2.28. The molecule has 5 unspecified atom stereocenters. The van der Waals surface area contributed by atoms with Crippen molar-refractivity contribution in [3.63, 3.8) is 0 Å². The van der Waals surface area contributed by atoms with Gasteiger partial charge in [-0.2, -0.15) is 0 Å². The summed E-state index contributed by atoms with van der Waals surface area (Å²) in [6.07, 6.45) is 2.60. The van der Waals surface area contributed by atoms with E-state index in [-0.39, 0.29) is 25.7 Å². The molecule has 0 bridgehead atoms. The summed E-state index contributed by atoms with van der Waals surface area (Å²) in [6.45, 7) is 7.91. The number of aliphatic hydroxyl groups is 5. The molecule has 11 N–H and O–H groups in total. The Balaban J connectivity index is -0.000000286. The molecule has 0 aromatic rings. The van der Waals surface area contributed by atoms with Crippen molar-refractivity contribution in [1.82, 2.24) is 0 Å². The average Bonchev–Trinajstić information content (AvgIpc) is 3.31. The van der Waals surface area contributed by atoms with Crippen molar-refractivity contribution in [3.05, 3.63) is 0 Å². The minimum atomic E-state index is -1.79. The molecule has 0 aliphatic carbocycles. The molecule has 0 rings (SSSR count). The number of esters is 8. The van der Waals surface area contributed by atoms with Crippen LogP contribution in [0.3, 0.4) is 0 Å². The molecule has 0 aromatic carbocycles. The minimum absolute atomic E-state index is 0.0610. The second kappa shape index (κ2) is 51.3. The zero-order chi connectivity index (χ0) is 60.5. The zero-order valence-corrected chi connectivity index (χ0v) is 43.8. The fourth-order valence-electron chi connectivity index (χ4n) is 5.00. The Morgan fingerprint density at radius 2 is 0.468 bits per heavy atom. The number of carboxylic acid groups (broad SMARTS) is 6. The molecule has 29 nitrogen and oxygen atoms in total. The Morgan fingerprint density at radius 1 is 0.273 bits per heavy atom. The van der Waals surface area contributed by atoms with Gasteiger partial charge in [-0.05, 0) is 25.7 Å². The summed E-state index contributed by atoms with van der Waals surface area (Å²) < 4.78 is 17.1. The fraction of sp³-hybridized carbons (Fsp3) is 0.708. The smallest absolute Gasteiger partial charge is 0.343 e. The van der Waals surface area contributed by atoms with Gasteiger partial charge in [0.1, 0.15) is 0 Å². The van der Waals surface area contributed by atoms with Gasteiger partial charge in [-0.3, -0.25) is 43.2 Å². The number of carboxylic acids is 6. The van der Waals surface area contributed by atoms with Crippen LogP contribution in [0.5, 0.6) is 0 Å². The second-order valence-corrected chi connectivity index (χ2v) is 16.3. The molecule has 0 radical (unpaired) electrons. The van der Waals surface area contributed by atoms with E-state index in [2.05, 4.69) is 32.8 Å². The Morgan fingerprint density at radius 3 is 0.675 bits per heavy atom. The number of hydrogen-bond acceptors (Lipinski definition) is 23.